The number of rotatable bonds is 11. The third-order valence-electron chi connectivity index (χ3n) is 9.53. The van der Waals surface area contributed by atoms with Crippen LogP contribution in [0.2, 0.25) is 0 Å². The van der Waals surface area contributed by atoms with Crippen LogP contribution in [0.3, 0.4) is 0 Å². The summed E-state index contributed by atoms with van der Waals surface area (Å²) in [6, 6.07) is 72.2. The van der Waals surface area contributed by atoms with E-state index in [4.69, 9.17) is 0 Å². The van der Waals surface area contributed by atoms with Gasteiger partial charge < -0.3 is 10.6 Å². The first kappa shape index (κ1) is 34.0. The molecule has 2 N–H and O–H groups in total. The monoisotopic (exact) mass is 692 g/mol. The Morgan fingerprint density at radius 3 is 1.15 bits per heavy atom. The molecule has 0 fully saturated rings. The first-order chi connectivity index (χ1) is 26.8. The minimum atomic E-state index is 1.05. The average molecular weight is 693 g/mol. The van der Waals surface area contributed by atoms with Crippen LogP contribution in [0.1, 0.15) is 22.3 Å². The molecule has 2 nitrogen and oxygen atoms in total. The van der Waals surface area contributed by atoms with Crippen molar-refractivity contribution in [1.29, 1.82) is 0 Å². The van der Waals surface area contributed by atoms with Crippen molar-refractivity contribution in [2.75, 3.05) is 10.6 Å². The highest BCUT2D eigenvalue weighted by Gasteiger charge is 2.09. The van der Waals surface area contributed by atoms with Gasteiger partial charge in [0.25, 0.3) is 0 Å². The molecule has 8 aromatic rings. The molecule has 0 aliphatic rings. The van der Waals surface area contributed by atoms with Gasteiger partial charge >= 0.3 is 0 Å². The quantitative estimate of drug-likeness (QED) is 0.132. The molecule has 0 aromatic heterocycles. The highest BCUT2D eigenvalue weighted by atomic mass is 14.9. The summed E-state index contributed by atoms with van der Waals surface area (Å²) < 4.78 is 0. The van der Waals surface area contributed by atoms with Crippen molar-refractivity contribution in [3.8, 4) is 33.4 Å². The van der Waals surface area contributed by atoms with Gasteiger partial charge in [-0.25, -0.2) is 0 Å². The minimum absolute atomic E-state index is 1.05. The van der Waals surface area contributed by atoms with E-state index in [1.54, 1.807) is 0 Å². The highest BCUT2D eigenvalue weighted by Crippen LogP contribution is 2.33. The smallest absolute Gasteiger partial charge is 0.0463 e. The SMILES string of the molecule is C(=Cc1cccc(-c2ccccc2)c1C=Cc1ccc(Nc2ccccc2-c2ccccc2)cc1)c1ccc(Nc2ccccc2-c2ccccc2)cc1. The second kappa shape index (κ2) is 16.5. The molecule has 0 bridgehead atoms. The molecule has 0 aliphatic heterocycles. The lowest BCUT2D eigenvalue weighted by Gasteiger charge is -2.13. The van der Waals surface area contributed by atoms with Crippen molar-refractivity contribution in [1.82, 2.24) is 0 Å². The summed E-state index contributed by atoms with van der Waals surface area (Å²) in [5.41, 5.74) is 16.0. The third-order valence-corrected chi connectivity index (χ3v) is 9.53. The van der Waals surface area contributed by atoms with E-state index in [1.165, 1.54) is 38.9 Å². The van der Waals surface area contributed by atoms with Crippen molar-refractivity contribution >= 4 is 47.1 Å². The summed E-state index contributed by atoms with van der Waals surface area (Å²) in [5, 5.41) is 7.26. The van der Waals surface area contributed by atoms with E-state index in [2.05, 4.69) is 229 Å². The molecule has 54 heavy (non-hydrogen) atoms. The van der Waals surface area contributed by atoms with Crippen molar-refractivity contribution < 1.29 is 0 Å². The topological polar surface area (TPSA) is 24.1 Å². The van der Waals surface area contributed by atoms with Crippen molar-refractivity contribution in [2.24, 2.45) is 0 Å². The second-order valence-electron chi connectivity index (χ2n) is 13.2. The van der Waals surface area contributed by atoms with Gasteiger partial charge in [0, 0.05) is 33.9 Å². The Bertz CT molecular complexity index is 2500. The predicted octanol–water partition coefficient (Wildman–Crippen LogP) is 14.5. The zero-order valence-electron chi connectivity index (χ0n) is 29.9. The summed E-state index contributed by atoms with van der Waals surface area (Å²) in [5.74, 6) is 0. The van der Waals surface area contributed by atoms with Crippen LogP contribution in [-0.2, 0) is 0 Å². The number of hydrogen-bond acceptors (Lipinski definition) is 2. The molecule has 0 saturated heterocycles. The lowest BCUT2D eigenvalue weighted by atomic mass is 9.94. The van der Waals surface area contributed by atoms with E-state index in [9.17, 15) is 0 Å². The summed E-state index contributed by atoms with van der Waals surface area (Å²) in [7, 11) is 0. The third kappa shape index (κ3) is 8.15. The maximum absolute atomic E-state index is 3.63. The van der Waals surface area contributed by atoms with Crippen LogP contribution in [0.5, 0.6) is 0 Å². The van der Waals surface area contributed by atoms with Gasteiger partial charge in [0.15, 0.2) is 0 Å². The Balaban J connectivity index is 1.02. The van der Waals surface area contributed by atoms with Crippen molar-refractivity contribution in [2.45, 2.75) is 0 Å². The zero-order valence-corrected chi connectivity index (χ0v) is 29.9. The van der Waals surface area contributed by atoms with Crippen LogP contribution >= 0.6 is 0 Å². The van der Waals surface area contributed by atoms with E-state index >= 15 is 0 Å². The first-order valence-electron chi connectivity index (χ1n) is 18.3. The summed E-state index contributed by atoms with van der Waals surface area (Å²) in [4.78, 5) is 0. The molecule has 0 spiro atoms. The highest BCUT2D eigenvalue weighted by molar-refractivity contribution is 5.88. The summed E-state index contributed by atoms with van der Waals surface area (Å²) >= 11 is 0. The van der Waals surface area contributed by atoms with E-state index in [1.807, 2.05) is 12.1 Å². The fraction of sp³-hybridized carbons (Fsp3) is 0. The molecule has 0 saturated carbocycles. The number of nitrogens with one attached hydrogen (secondary N) is 2. The molecule has 0 unspecified atom stereocenters. The Kier molecular flexibility index (Phi) is 10.3. The van der Waals surface area contributed by atoms with Gasteiger partial charge in [0.2, 0.25) is 0 Å². The molecule has 0 aliphatic carbocycles. The second-order valence-corrected chi connectivity index (χ2v) is 13.2. The van der Waals surface area contributed by atoms with Gasteiger partial charge in [-0.3, -0.25) is 0 Å². The molecule has 8 aromatic carbocycles. The Morgan fingerprint density at radius 2 is 0.667 bits per heavy atom. The van der Waals surface area contributed by atoms with Crippen LogP contribution in [0.25, 0.3) is 57.7 Å². The van der Waals surface area contributed by atoms with E-state index in [-0.39, 0.29) is 0 Å². The fourth-order valence-electron chi connectivity index (χ4n) is 6.74. The van der Waals surface area contributed by atoms with Crippen LogP contribution < -0.4 is 10.6 Å². The zero-order chi connectivity index (χ0) is 36.4. The van der Waals surface area contributed by atoms with Gasteiger partial charge in [0.05, 0.1) is 0 Å². The van der Waals surface area contributed by atoms with E-state index in [0.717, 1.165) is 39.4 Å². The summed E-state index contributed by atoms with van der Waals surface area (Å²) in [6.07, 6.45) is 8.86. The van der Waals surface area contributed by atoms with Gasteiger partial charge in [-0.15, -0.1) is 0 Å². The molecule has 0 radical (unpaired) electrons. The number of benzene rings is 8. The van der Waals surface area contributed by atoms with Crippen molar-refractivity contribution in [3.63, 3.8) is 0 Å². The molecular formula is C52H40N2. The maximum Gasteiger partial charge on any atom is 0.0463 e. The number of anilines is 4. The van der Waals surface area contributed by atoms with Gasteiger partial charge in [-0.1, -0.05) is 194 Å². The first-order valence-corrected chi connectivity index (χ1v) is 18.3. The summed E-state index contributed by atoms with van der Waals surface area (Å²) in [6.45, 7) is 0. The average Bonchev–Trinajstić information content (AvgIpc) is 3.24. The fourth-order valence-corrected chi connectivity index (χ4v) is 6.74. The van der Waals surface area contributed by atoms with Crippen LogP contribution in [-0.4, -0.2) is 0 Å². The predicted molar refractivity (Wildman–Crippen MR) is 233 cm³/mol. The largest absolute Gasteiger partial charge is 0.355 e. The Labute approximate surface area is 318 Å². The van der Waals surface area contributed by atoms with Gasteiger partial charge in [0.1, 0.15) is 0 Å². The van der Waals surface area contributed by atoms with Crippen molar-refractivity contribution in [3.05, 3.63) is 229 Å². The number of hydrogen-bond donors (Lipinski definition) is 2. The van der Waals surface area contributed by atoms with Gasteiger partial charge in [-0.2, -0.15) is 0 Å². The van der Waals surface area contributed by atoms with Crippen LogP contribution in [0.15, 0.2) is 206 Å². The molecule has 0 atom stereocenters. The lowest BCUT2D eigenvalue weighted by Crippen LogP contribution is -1.93. The minimum Gasteiger partial charge on any atom is -0.355 e. The lowest BCUT2D eigenvalue weighted by molar-refractivity contribution is 1.52. The maximum atomic E-state index is 3.63. The molecule has 0 heterocycles. The molecule has 2 heteroatoms. The Morgan fingerprint density at radius 1 is 0.278 bits per heavy atom. The van der Waals surface area contributed by atoms with Crippen LogP contribution in [0.4, 0.5) is 22.7 Å². The van der Waals surface area contributed by atoms with Crippen LogP contribution in [0, 0.1) is 0 Å². The normalized spacial score (nSPS) is 11.2. The Hall–Kier alpha value is -7.16. The molecular weight excluding hydrogens is 653 g/mol. The number of para-hydroxylation sites is 2. The van der Waals surface area contributed by atoms with E-state index in [0.29, 0.717) is 0 Å². The van der Waals surface area contributed by atoms with Gasteiger partial charge in [-0.05, 0) is 80.9 Å². The molecule has 258 valence electrons. The van der Waals surface area contributed by atoms with E-state index < -0.39 is 0 Å². The molecule has 0 amide bonds. The molecule has 8 rings (SSSR count). The standard InChI is InChI=1S/C52H40N2/c1-4-15-41(16-5-1)47-24-14-21-44(33-27-39-28-34-45(35-29-39)53-51-25-12-10-22-49(51)42-17-6-2-7-18-42)48(47)38-32-40-30-36-46(37-31-40)54-52-26-13-11-23-50(52)43-19-8-3-9-20-43/h1-38,53-54H.